The highest BCUT2D eigenvalue weighted by atomic mass is 32.2. The van der Waals surface area contributed by atoms with Crippen molar-refractivity contribution in [2.45, 2.75) is 43.5 Å². The van der Waals surface area contributed by atoms with Gasteiger partial charge in [-0.15, -0.1) is 0 Å². The zero-order valence-corrected chi connectivity index (χ0v) is 11.7. The Balaban J connectivity index is 2.11. The molecular weight excluding hydrogens is 262 g/mol. The first-order valence-electron chi connectivity index (χ1n) is 6.40. The van der Waals surface area contributed by atoms with Crippen LogP contribution in [0.25, 0.3) is 0 Å². The summed E-state index contributed by atoms with van der Waals surface area (Å²) in [4.78, 5) is 3.91. The third-order valence-electron chi connectivity index (χ3n) is 3.42. The molecule has 0 saturated heterocycles. The topological polar surface area (TPSA) is 82.9 Å². The lowest BCUT2D eigenvalue weighted by Crippen LogP contribution is -2.37. The fourth-order valence-corrected chi connectivity index (χ4v) is 3.66. The summed E-state index contributed by atoms with van der Waals surface area (Å²) in [5.41, 5.74) is 0.213. The lowest BCUT2D eigenvalue weighted by molar-refractivity contribution is 0.327. The van der Waals surface area contributed by atoms with Crippen LogP contribution < -0.4 is 4.72 Å². The molecule has 1 fully saturated rings. The Morgan fingerprint density at radius 2 is 2.21 bits per heavy atom. The molecule has 0 amide bonds. The second-order valence-electron chi connectivity index (χ2n) is 5.08. The number of pyridine rings is 1. The summed E-state index contributed by atoms with van der Waals surface area (Å²) in [5.74, 6) is 0.556. The second-order valence-corrected chi connectivity index (χ2v) is 6.79. The predicted molar refractivity (Wildman–Crippen MR) is 70.7 cm³/mol. The van der Waals surface area contributed by atoms with Crippen molar-refractivity contribution in [1.29, 1.82) is 5.26 Å². The first-order valence-corrected chi connectivity index (χ1v) is 7.88. The molecule has 2 unspecified atom stereocenters. The highest BCUT2D eigenvalue weighted by Crippen LogP contribution is 2.24. The van der Waals surface area contributed by atoms with Crippen LogP contribution in [0.5, 0.6) is 0 Å². The monoisotopic (exact) mass is 279 g/mol. The molecule has 2 atom stereocenters. The van der Waals surface area contributed by atoms with Crippen LogP contribution in [0.1, 0.15) is 38.3 Å². The number of hydrogen-bond donors (Lipinski definition) is 1. The quantitative estimate of drug-likeness (QED) is 0.914. The number of nitrogens with one attached hydrogen (secondary N) is 1. The van der Waals surface area contributed by atoms with Crippen molar-refractivity contribution < 1.29 is 8.42 Å². The van der Waals surface area contributed by atoms with Crippen molar-refractivity contribution >= 4 is 10.0 Å². The van der Waals surface area contributed by atoms with E-state index in [1.54, 1.807) is 0 Å². The summed E-state index contributed by atoms with van der Waals surface area (Å²) in [6.45, 7) is 2.14. The van der Waals surface area contributed by atoms with E-state index in [0.717, 1.165) is 25.7 Å². The number of aromatic nitrogens is 1. The Morgan fingerprint density at radius 1 is 1.42 bits per heavy atom. The van der Waals surface area contributed by atoms with E-state index in [1.165, 1.54) is 18.3 Å². The van der Waals surface area contributed by atoms with Gasteiger partial charge < -0.3 is 0 Å². The second kappa shape index (κ2) is 5.68. The number of hydrogen-bond acceptors (Lipinski definition) is 4. The maximum absolute atomic E-state index is 12.2. The van der Waals surface area contributed by atoms with Crippen LogP contribution in [0.3, 0.4) is 0 Å². The van der Waals surface area contributed by atoms with Gasteiger partial charge in [-0.1, -0.05) is 19.8 Å². The molecule has 0 bridgehead atoms. The molecule has 6 heteroatoms. The Morgan fingerprint density at radius 3 is 2.79 bits per heavy atom. The summed E-state index contributed by atoms with van der Waals surface area (Å²) >= 11 is 0. The van der Waals surface area contributed by atoms with Crippen LogP contribution in [-0.2, 0) is 10.0 Å². The Labute approximate surface area is 113 Å². The molecule has 1 aromatic heterocycles. The molecule has 1 heterocycles. The first-order chi connectivity index (χ1) is 9.01. The molecule has 1 aliphatic carbocycles. The predicted octanol–water partition coefficient (Wildman–Crippen LogP) is 1.81. The third kappa shape index (κ3) is 3.52. The third-order valence-corrected chi connectivity index (χ3v) is 4.93. The van der Waals surface area contributed by atoms with E-state index >= 15 is 0 Å². The lowest BCUT2D eigenvalue weighted by atomic mass is 9.88. The fraction of sp³-hybridized carbons (Fsp3) is 0.538. The van der Waals surface area contributed by atoms with Crippen molar-refractivity contribution in [2.24, 2.45) is 5.92 Å². The van der Waals surface area contributed by atoms with Gasteiger partial charge in [0.2, 0.25) is 10.0 Å². The lowest BCUT2D eigenvalue weighted by Gasteiger charge is -2.27. The van der Waals surface area contributed by atoms with Gasteiger partial charge in [-0.2, -0.15) is 5.26 Å². The van der Waals surface area contributed by atoms with Gasteiger partial charge in [0.1, 0.15) is 16.7 Å². The highest BCUT2D eigenvalue weighted by molar-refractivity contribution is 7.89. The molecule has 5 nitrogen and oxygen atoms in total. The maximum Gasteiger partial charge on any atom is 0.242 e. The smallest absolute Gasteiger partial charge is 0.242 e. The Bertz CT molecular complexity index is 575. The summed E-state index contributed by atoms with van der Waals surface area (Å²) in [6.07, 6.45) is 5.21. The summed E-state index contributed by atoms with van der Waals surface area (Å²) in [7, 11) is -3.53. The van der Waals surface area contributed by atoms with Gasteiger partial charge >= 0.3 is 0 Å². The first kappa shape index (κ1) is 14.0. The number of rotatable bonds is 3. The van der Waals surface area contributed by atoms with Crippen molar-refractivity contribution in [3.63, 3.8) is 0 Å². The summed E-state index contributed by atoms with van der Waals surface area (Å²) in [5, 5.41) is 8.64. The van der Waals surface area contributed by atoms with E-state index in [4.69, 9.17) is 5.26 Å². The molecule has 0 spiro atoms. The SMILES string of the molecule is CC1CCCC(NS(=O)(=O)c2ccc(C#N)nc2)C1. The molecular formula is C13H17N3O2S. The van der Waals surface area contributed by atoms with Crippen LogP contribution in [0.2, 0.25) is 0 Å². The van der Waals surface area contributed by atoms with Gasteiger partial charge in [-0.25, -0.2) is 18.1 Å². The van der Waals surface area contributed by atoms with E-state index < -0.39 is 10.0 Å². The molecule has 19 heavy (non-hydrogen) atoms. The van der Waals surface area contributed by atoms with Gasteiger partial charge in [0, 0.05) is 12.2 Å². The molecule has 1 saturated carbocycles. The number of nitriles is 1. The maximum atomic E-state index is 12.2. The van der Waals surface area contributed by atoms with Crippen LogP contribution in [0.4, 0.5) is 0 Å². The van der Waals surface area contributed by atoms with E-state index in [1.807, 2.05) is 6.07 Å². The molecule has 0 aromatic carbocycles. The zero-order chi connectivity index (χ0) is 13.9. The van der Waals surface area contributed by atoms with Crippen molar-refractivity contribution in [3.05, 3.63) is 24.0 Å². The average Bonchev–Trinajstić information content (AvgIpc) is 2.38. The van der Waals surface area contributed by atoms with Gasteiger partial charge in [0.15, 0.2) is 0 Å². The highest BCUT2D eigenvalue weighted by Gasteiger charge is 2.24. The van der Waals surface area contributed by atoms with Crippen molar-refractivity contribution in [2.75, 3.05) is 0 Å². The van der Waals surface area contributed by atoms with Crippen LogP contribution in [-0.4, -0.2) is 19.4 Å². The van der Waals surface area contributed by atoms with Gasteiger partial charge in [0.05, 0.1) is 0 Å². The molecule has 2 rings (SSSR count). The molecule has 1 aliphatic rings. The number of sulfonamides is 1. The average molecular weight is 279 g/mol. The van der Waals surface area contributed by atoms with Crippen LogP contribution >= 0.6 is 0 Å². The van der Waals surface area contributed by atoms with Crippen molar-refractivity contribution in [3.8, 4) is 6.07 Å². The Hall–Kier alpha value is -1.45. The molecule has 102 valence electrons. The van der Waals surface area contributed by atoms with Crippen molar-refractivity contribution in [1.82, 2.24) is 9.71 Å². The molecule has 1 N–H and O–H groups in total. The summed E-state index contributed by atoms with van der Waals surface area (Å²) < 4.78 is 27.1. The minimum absolute atomic E-state index is 0.00407. The standard InChI is InChI=1S/C13H17N3O2S/c1-10-3-2-4-11(7-10)16-19(17,18)13-6-5-12(8-14)15-9-13/h5-6,9-11,16H,2-4,7H2,1H3. The largest absolute Gasteiger partial charge is 0.244 e. The van der Waals surface area contributed by atoms with E-state index in [9.17, 15) is 8.42 Å². The normalized spacial score (nSPS) is 23.8. The molecule has 0 radical (unpaired) electrons. The van der Waals surface area contributed by atoms with Gasteiger partial charge in [-0.05, 0) is 30.9 Å². The minimum Gasteiger partial charge on any atom is -0.244 e. The van der Waals surface area contributed by atoms with Gasteiger partial charge in [0.25, 0.3) is 0 Å². The zero-order valence-electron chi connectivity index (χ0n) is 10.8. The summed E-state index contributed by atoms with van der Waals surface area (Å²) in [6, 6.07) is 4.70. The van der Waals surface area contributed by atoms with E-state index in [0.29, 0.717) is 5.92 Å². The Kier molecular flexibility index (Phi) is 4.17. The van der Waals surface area contributed by atoms with E-state index in [2.05, 4.69) is 16.6 Å². The minimum atomic E-state index is -3.53. The van der Waals surface area contributed by atoms with Gasteiger partial charge in [-0.3, -0.25) is 0 Å². The fourth-order valence-electron chi connectivity index (χ4n) is 2.43. The molecule has 0 aliphatic heterocycles. The van der Waals surface area contributed by atoms with E-state index in [-0.39, 0.29) is 16.6 Å². The number of nitrogens with zero attached hydrogens (tertiary/aromatic N) is 2. The molecule has 1 aromatic rings. The van der Waals surface area contributed by atoms with Crippen LogP contribution in [0, 0.1) is 17.2 Å². The van der Waals surface area contributed by atoms with Crippen LogP contribution in [0.15, 0.2) is 23.2 Å².